The van der Waals surface area contributed by atoms with E-state index >= 15 is 0 Å². The Morgan fingerprint density at radius 1 is 1.00 bits per heavy atom. The van der Waals surface area contributed by atoms with Crippen LogP contribution in [0.5, 0.6) is 11.5 Å². The molecule has 0 saturated carbocycles. The molecule has 0 amide bonds. The third-order valence-electron chi connectivity index (χ3n) is 3.02. The summed E-state index contributed by atoms with van der Waals surface area (Å²) in [5.74, 6) is -0.566. The molecule has 0 heterocycles. The van der Waals surface area contributed by atoms with Crippen LogP contribution in [-0.2, 0) is 0 Å². The molecule has 0 fully saturated rings. The van der Waals surface area contributed by atoms with Crippen molar-refractivity contribution < 1.29 is 27.0 Å². The van der Waals surface area contributed by atoms with Crippen LogP contribution in [0.15, 0.2) is 42.5 Å². The maximum Gasteiger partial charge on any atom is 0.573 e. The Kier molecular flexibility index (Phi) is 6.23. The maximum atomic E-state index is 13.9. The van der Waals surface area contributed by atoms with Gasteiger partial charge in [0.05, 0.1) is 13.2 Å². The van der Waals surface area contributed by atoms with E-state index in [0.717, 1.165) is 12.1 Å². The van der Waals surface area contributed by atoms with Gasteiger partial charge in [-0.15, -0.1) is 25.6 Å². The van der Waals surface area contributed by atoms with Crippen molar-refractivity contribution in [1.29, 1.82) is 0 Å². The zero-order chi connectivity index (χ0) is 16.3. The number of hydrogen-bond acceptors (Lipinski definition) is 3. The van der Waals surface area contributed by atoms with E-state index in [1.165, 1.54) is 31.4 Å². The fourth-order valence-electron chi connectivity index (χ4n) is 1.94. The van der Waals surface area contributed by atoms with E-state index in [4.69, 9.17) is 10.5 Å². The van der Waals surface area contributed by atoms with Gasteiger partial charge in [-0.25, -0.2) is 4.39 Å². The Morgan fingerprint density at radius 3 is 2.04 bits per heavy atom. The summed E-state index contributed by atoms with van der Waals surface area (Å²) in [6.07, 6.45) is -4.76. The molecular weight excluding hydrogens is 338 g/mol. The summed E-state index contributed by atoms with van der Waals surface area (Å²) in [5.41, 5.74) is 6.61. The highest BCUT2D eigenvalue weighted by molar-refractivity contribution is 5.85. The van der Waals surface area contributed by atoms with Crippen molar-refractivity contribution in [2.75, 3.05) is 7.11 Å². The van der Waals surface area contributed by atoms with Gasteiger partial charge in [0.1, 0.15) is 17.3 Å². The molecule has 0 aliphatic heterocycles. The maximum absolute atomic E-state index is 13.9. The van der Waals surface area contributed by atoms with Crippen LogP contribution in [-0.4, -0.2) is 13.5 Å². The standard InChI is InChI=1S/C15H13F4NO2.ClH/c1-21-11-6-7-12(13(16)8-11)14(20)9-2-4-10(5-3-9)22-15(17,18)19;/h2-8,14H,20H2,1H3;1H/t14-;/m0./s1. The number of nitrogens with two attached hydrogens (primary N) is 1. The quantitative estimate of drug-likeness (QED) is 0.839. The molecule has 0 aliphatic rings. The molecule has 0 unspecified atom stereocenters. The molecule has 23 heavy (non-hydrogen) atoms. The van der Waals surface area contributed by atoms with Gasteiger partial charge in [0, 0.05) is 11.6 Å². The molecule has 126 valence electrons. The minimum Gasteiger partial charge on any atom is -0.497 e. The van der Waals surface area contributed by atoms with Crippen molar-refractivity contribution in [3.63, 3.8) is 0 Å². The molecule has 0 spiro atoms. The Morgan fingerprint density at radius 2 is 1.57 bits per heavy atom. The third-order valence-corrected chi connectivity index (χ3v) is 3.02. The summed E-state index contributed by atoms with van der Waals surface area (Å²) in [6, 6.07) is 8.37. The second-order valence-electron chi connectivity index (χ2n) is 4.48. The van der Waals surface area contributed by atoms with Crippen LogP contribution in [0, 0.1) is 5.82 Å². The monoisotopic (exact) mass is 351 g/mol. The summed E-state index contributed by atoms with van der Waals surface area (Å²) in [4.78, 5) is 0. The Bertz CT molecular complexity index is 647. The molecule has 2 aromatic rings. The van der Waals surface area contributed by atoms with Crippen LogP contribution >= 0.6 is 12.4 Å². The first-order valence-corrected chi connectivity index (χ1v) is 6.25. The van der Waals surface area contributed by atoms with Gasteiger partial charge >= 0.3 is 6.36 Å². The molecule has 0 radical (unpaired) electrons. The second-order valence-corrected chi connectivity index (χ2v) is 4.48. The highest BCUT2D eigenvalue weighted by Crippen LogP contribution is 2.28. The highest BCUT2D eigenvalue weighted by atomic mass is 35.5. The van der Waals surface area contributed by atoms with E-state index in [9.17, 15) is 17.6 Å². The summed E-state index contributed by atoms with van der Waals surface area (Å²) < 4.78 is 58.8. The van der Waals surface area contributed by atoms with Crippen LogP contribution in [0.25, 0.3) is 0 Å². The molecule has 0 bridgehead atoms. The van der Waals surface area contributed by atoms with Gasteiger partial charge < -0.3 is 15.2 Å². The van der Waals surface area contributed by atoms with Crippen molar-refractivity contribution in [2.45, 2.75) is 12.4 Å². The summed E-state index contributed by atoms with van der Waals surface area (Å²) in [5, 5.41) is 0. The van der Waals surface area contributed by atoms with E-state index in [1.54, 1.807) is 6.07 Å². The molecule has 8 heteroatoms. The van der Waals surface area contributed by atoms with E-state index in [0.29, 0.717) is 11.3 Å². The van der Waals surface area contributed by atoms with Crippen molar-refractivity contribution in [3.8, 4) is 11.5 Å². The van der Waals surface area contributed by atoms with Crippen LogP contribution in [0.3, 0.4) is 0 Å². The van der Waals surface area contributed by atoms with E-state index in [1.807, 2.05) is 0 Å². The Balaban J connectivity index is 0.00000264. The SMILES string of the molecule is COc1ccc([C@@H](N)c2ccc(OC(F)(F)F)cc2)c(F)c1.Cl. The van der Waals surface area contributed by atoms with Crippen LogP contribution in [0.1, 0.15) is 17.2 Å². The van der Waals surface area contributed by atoms with Gasteiger partial charge in [-0.3, -0.25) is 0 Å². The molecular formula is C15H14ClF4NO2. The van der Waals surface area contributed by atoms with Gasteiger partial charge in [-0.05, 0) is 23.8 Å². The lowest BCUT2D eigenvalue weighted by atomic mass is 9.99. The lowest BCUT2D eigenvalue weighted by Crippen LogP contribution is -2.17. The molecule has 2 aromatic carbocycles. The third kappa shape index (κ3) is 5.01. The lowest BCUT2D eigenvalue weighted by Gasteiger charge is -2.15. The number of halogens is 5. The first-order chi connectivity index (χ1) is 10.3. The van der Waals surface area contributed by atoms with Crippen molar-refractivity contribution in [1.82, 2.24) is 0 Å². The number of hydrogen-bond donors (Lipinski definition) is 1. The molecule has 0 saturated heterocycles. The van der Waals surface area contributed by atoms with Crippen molar-refractivity contribution in [2.24, 2.45) is 5.73 Å². The Labute approximate surface area is 136 Å². The topological polar surface area (TPSA) is 44.5 Å². The molecule has 2 N–H and O–H groups in total. The average Bonchev–Trinajstić information content (AvgIpc) is 2.45. The predicted octanol–water partition coefficient (Wildman–Crippen LogP) is 4.20. The minimum absolute atomic E-state index is 0. The zero-order valence-electron chi connectivity index (χ0n) is 11.9. The van der Waals surface area contributed by atoms with E-state index in [-0.39, 0.29) is 23.7 Å². The van der Waals surface area contributed by atoms with Gasteiger partial charge in [-0.1, -0.05) is 18.2 Å². The number of alkyl halides is 3. The fourth-order valence-corrected chi connectivity index (χ4v) is 1.94. The highest BCUT2D eigenvalue weighted by Gasteiger charge is 2.31. The molecule has 2 rings (SSSR count). The molecule has 3 nitrogen and oxygen atoms in total. The first kappa shape index (κ1) is 19.1. The molecule has 0 aromatic heterocycles. The van der Waals surface area contributed by atoms with E-state index < -0.39 is 18.2 Å². The fraction of sp³-hybridized carbons (Fsp3) is 0.200. The largest absolute Gasteiger partial charge is 0.573 e. The van der Waals surface area contributed by atoms with Gasteiger partial charge in [0.15, 0.2) is 0 Å². The first-order valence-electron chi connectivity index (χ1n) is 6.25. The van der Waals surface area contributed by atoms with Gasteiger partial charge in [0.2, 0.25) is 0 Å². The van der Waals surface area contributed by atoms with Crippen LogP contribution < -0.4 is 15.2 Å². The normalized spacial score (nSPS) is 12.3. The lowest BCUT2D eigenvalue weighted by molar-refractivity contribution is -0.274. The van der Waals surface area contributed by atoms with Gasteiger partial charge in [-0.2, -0.15) is 0 Å². The second kappa shape index (κ2) is 7.52. The van der Waals surface area contributed by atoms with Crippen molar-refractivity contribution in [3.05, 3.63) is 59.4 Å². The zero-order valence-corrected chi connectivity index (χ0v) is 12.7. The van der Waals surface area contributed by atoms with E-state index in [2.05, 4.69) is 4.74 Å². The summed E-state index contributed by atoms with van der Waals surface area (Å²) in [7, 11) is 1.41. The minimum atomic E-state index is -4.76. The predicted molar refractivity (Wildman–Crippen MR) is 79.4 cm³/mol. The molecule has 0 aliphatic carbocycles. The average molecular weight is 352 g/mol. The number of rotatable bonds is 4. The molecule has 1 atom stereocenters. The number of benzene rings is 2. The Hall–Kier alpha value is -1.99. The van der Waals surface area contributed by atoms with Gasteiger partial charge in [0.25, 0.3) is 0 Å². The smallest absolute Gasteiger partial charge is 0.497 e. The summed E-state index contributed by atoms with van der Waals surface area (Å²) in [6.45, 7) is 0. The summed E-state index contributed by atoms with van der Waals surface area (Å²) >= 11 is 0. The van der Waals surface area contributed by atoms with Crippen LogP contribution in [0.4, 0.5) is 17.6 Å². The van der Waals surface area contributed by atoms with Crippen LogP contribution in [0.2, 0.25) is 0 Å². The van der Waals surface area contributed by atoms with Crippen molar-refractivity contribution >= 4 is 12.4 Å². The number of ether oxygens (including phenoxy) is 2. The number of methoxy groups -OCH3 is 1.